The lowest BCUT2D eigenvalue weighted by Crippen LogP contribution is -2.17. The number of hydrogen-bond donors (Lipinski definition) is 2. The first-order valence-electron chi connectivity index (χ1n) is 6.65. The molecule has 3 nitrogen and oxygen atoms in total. The molecule has 0 bridgehead atoms. The molecule has 2 heterocycles. The van der Waals surface area contributed by atoms with E-state index < -0.39 is 0 Å². The summed E-state index contributed by atoms with van der Waals surface area (Å²) in [6.45, 7) is 2.19. The Morgan fingerprint density at radius 3 is 2.95 bits per heavy atom. The summed E-state index contributed by atoms with van der Waals surface area (Å²) >= 11 is 1.80. The number of anilines is 2. The second kappa shape index (κ2) is 5.51. The van der Waals surface area contributed by atoms with Crippen molar-refractivity contribution in [1.29, 1.82) is 0 Å². The highest BCUT2D eigenvalue weighted by Gasteiger charge is 2.08. The first-order valence-corrected chi connectivity index (χ1v) is 7.53. The van der Waals surface area contributed by atoms with E-state index in [0.29, 0.717) is 6.04 Å². The summed E-state index contributed by atoms with van der Waals surface area (Å²) in [6.07, 6.45) is 4.66. The fourth-order valence-corrected chi connectivity index (χ4v) is 3.22. The number of aromatic nitrogens is 1. The van der Waals surface area contributed by atoms with Gasteiger partial charge in [0.25, 0.3) is 0 Å². The van der Waals surface area contributed by atoms with E-state index in [1.54, 1.807) is 17.5 Å². The Morgan fingerprint density at radius 1 is 1.25 bits per heavy atom. The van der Waals surface area contributed by atoms with E-state index in [4.69, 9.17) is 5.73 Å². The lowest BCUT2D eigenvalue weighted by atomic mass is 10.1. The molecule has 0 amide bonds. The van der Waals surface area contributed by atoms with E-state index in [2.05, 4.69) is 34.7 Å². The third kappa shape index (κ3) is 2.60. The summed E-state index contributed by atoms with van der Waals surface area (Å²) in [5.74, 6) is 0. The highest BCUT2D eigenvalue weighted by Crippen LogP contribution is 2.28. The fourth-order valence-electron chi connectivity index (χ4n) is 2.39. The first kappa shape index (κ1) is 12.9. The van der Waals surface area contributed by atoms with Gasteiger partial charge in [-0.3, -0.25) is 4.98 Å². The van der Waals surface area contributed by atoms with Gasteiger partial charge in [0.15, 0.2) is 0 Å². The molecule has 0 saturated carbocycles. The van der Waals surface area contributed by atoms with E-state index >= 15 is 0 Å². The Balaban J connectivity index is 1.85. The zero-order chi connectivity index (χ0) is 13.9. The van der Waals surface area contributed by atoms with Crippen LogP contribution in [0.5, 0.6) is 0 Å². The molecule has 3 N–H and O–H groups in total. The molecular formula is C16H17N3S. The Labute approximate surface area is 122 Å². The minimum Gasteiger partial charge on any atom is -0.398 e. The van der Waals surface area contributed by atoms with Crippen molar-refractivity contribution in [2.45, 2.75) is 19.4 Å². The Morgan fingerprint density at radius 2 is 2.15 bits per heavy atom. The second-order valence-corrected chi connectivity index (χ2v) is 5.98. The highest BCUT2D eigenvalue weighted by molar-refractivity contribution is 7.09. The van der Waals surface area contributed by atoms with Gasteiger partial charge in [-0.25, -0.2) is 0 Å². The molecule has 0 aliphatic carbocycles. The number of nitrogens with one attached hydrogen (secondary N) is 1. The van der Waals surface area contributed by atoms with Crippen molar-refractivity contribution in [3.63, 3.8) is 0 Å². The van der Waals surface area contributed by atoms with Crippen LogP contribution in [0.1, 0.15) is 11.8 Å². The number of nitrogens with zero attached hydrogens (tertiary/aromatic N) is 1. The fraction of sp³-hybridized carbons (Fsp3) is 0.188. The van der Waals surface area contributed by atoms with Gasteiger partial charge in [0.1, 0.15) is 0 Å². The van der Waals surface area contributed by atoms with Crippen LogP contribution < -0.4 is 11.1 Å². The number of benzene rings is 1. The molecule has 0 spiro atoms. The van der Waals surface area contributed by atoms with Crippen LogP contribution in [0.2, 0.25) is 0 Å². The summed E-state index contributed by atoms with van der Waals surface area (Å²) in [6, 6.07) is 10.6. The molecule has 0 saturated heterocycles. The van der Waals surface area contributed by atoms with Crippen molar-refractivity contribution in [2.24, 2.45) is 0 Å². The van der Waals surface area contributed by atoms with Gasteiger partial charge in [-0.1, -0.05) is 6.07 Å². The van der Waals surface area contributed by atoms with Crippen LogP contribution in [0.3, 0.4) is 0 Å². The van der Waals surface area contributed by atoms with Gasteiger partial charge in [0.05, 0.1) is 0 Å². The highest BCUT2D eigenvalue weighted by atomic mass is 32.1. The molecule has 1 unspecified atom stereocenters. The standard InChI is InChI=1S/C16H17N3S/c1-11(9-12-3-2-8-20-12)19-16-5-4-15(17)13-6-7-18-10-14(13)16/h2-8,10-11,19H,9,17H2,1H3. The number of nitrogens with two attached hydrogens (primary N) is 1. The number of rotatable bonds is 4. The maximum Gasteiger partial charge on any atom is 0.0439 e. The molecule has 0 aliphatic rings. The van der Waals surface area contributed by atoms with Crippen LogP contribution in [-0.4, -0.2) is 11.0 Å². The van der Waals surface area contributed by atoms with Crippen LogP contribution in [0.25, 0.3) is 10.8 Å². The van der Waals surface area contributed by atoms with Gasteiger partial charge >= 0.3 is 0 Å². The van der Waals surface area contributed by atoms with Gasteiger partial charge in [0.2, 0.25) is 0 Å². The zero-order valence-electron chi connectivity index (χ0n) is 11.3. The second-order valence-electron chi connectivity index (χ2n) is 4.95. The molecule has 1 atom stereocenters. The zero-order valence-corrected chi connectivity index (χ0v) is 12.2. The molecule has 102 valence electrons. The number of thiophene rings is 1. The summed E-state index contributed by atoms with van der Waals surface area (Å²) in [5, 5.41) is 7.80. The SMILES string of the molecule is CC(Cc1cccs1)Nc1ccc(N)c2ccncc12. The molecule has 3 aromatic rings. The lowest BCUT2D eigenvalue weighted by molar-refractivity contribution is 0.802. The van der Waals surface area contributed by atoms with Crippen molar-refractivity contribution < 1.29 is 0 Å². The largest absolute Gasteiger partial charge is 0.398 e. The van der Waals surface area contributed by atoms with Crippen molar-refractivity contribution in [2.75, 3.05) is 11.1 Å². The van der Waals surface area contributed by atoms with Gasteiger partial charge in [-0.2, -0.15) is 0 Å². The number of pyridine rings is 1. The number of hydrogen-bond acceptors (Lipinski definition) is 4. The van der Waals surface area contributed by atoms with Gasteiger partial charge in [0, 0.05) is 51.9 Å². The molecule has 0 radical (unpaired) electrons. The van der Waals surface area contributed by atoms with Crippen molar-refractivity contribution >= 4 is 33.5 Å². The van der Waals surface area contributed by atoms with Crippen molar-refractivity contribution in [3.05, 3.63) is 53.0 Å². The van der Waals surface area contributed by atoms with E-state index in [1.807, 2.05) is 24.4 Å². The molecule has 2 aromatic heterocycles. The van der Waals surface area contributed by atoms with Gasteiger partial charge < -0.3 is 11.1 Å². The smallest absolute Gasteiger partial charge is 0.0439 e. The monoisotopic (exact) mass is 283 g/mol. The van der Waals surface area contributed by atoms with Crippen LogP contribution in [0.4, 0.5) is 11.4 Å². The summed E-state index contributed by atoms with van der Waals surface area (Å²) in [5.41, 5.74) is 7.89. The normalized spacial score (nSPS) is 12.4. The molecule has 1 aromatic carbocycles. The maximum absolute atomic E-state index is 6.01. The number of nitrogen functional groups attached to an aromatic ring is 1. The third-order valence-electron chi connectivity index (χ3n) is 3.34. The molecule has 3 rings (SSSR count). The van der Waals surface area contributed by atoms with Crippen molar-refractivity contribution in [3.8, 4) is 0 Å². The van der Waals surface area contributed by atoms with E-state index in [0.717, 1.165) is 28.6 Å². The molecule has 0 fully saturated rings. The van der Waals surface area contributed by atoms with Crippen LogP contribution in [0, 0.1) is 0 Å². The minimum atomic E-state index is 0.362. The lowest BCUT2D eigenvalue weighted by Gasteiger charge is -2.17. The maximum atomic E-state index is 6.01. The molecule has 4 heteroatoms. The average Bonchev–Trinajstić information content (AvgIpc) is 2.95. The molecule has 0 aliphatic heterocycles. The molecule has 20 heavy (non-hydrogen) atoms. The van der Waals surface area contributed by atoms with E-state index in [1.165, 1.54) is 4.88 Å². The van der Waals surface area contributed by atoms with Crippen LogP contribution in [-0.2, 0) is 6.42 Å². The number of fused-ring (bicyclic) bond motifs is 1. The quantitative estimate of drug-likeness (QED) is 0.713. The average molecular weight is 283 g/mol. The topological polar surface area (TPSA) is 50.9 Å². The Hall–Kier alpha value is -2.07. The predicted molar refractivity (Wildman–Crippen MR) is 87.3 cm³/mol. The molecular weight excluding hydrogens is 266 g/mol. The summed E-state index contributed by atoms with van der Waals surface area (Å²) in [7, 11) is 0. The van der Waals surface area contributed by atoms with Gasteiger partial charge in [-0.15, -0.1) is 11.3 Å². The third-order valence-corrected chi connectivity index (χ3v) is 4.24. The minimum absolute atomic E-state index is 0.362. The van der Waals surface area contributed by atoms with Crippen molar-refractivity contribution in [1.82, 2.24) is 4.98 Å². The first-order chi connectivity index (χ1) is 9.74. The van der Waals surface area contributed by atoms with E-state index in [-0.39, 0.29) is 0 Å². The Bertz CT molecular complexity index is 707. The van der Waals surface area contributed by atoms with E-state index in [9.17, 15) is 0 Å². The summed E-state index contributed by atoms with van der Waals surface area (Å²) in [4.78, 5) is 5.60. The van der Waals surface area contributed by atoms with Gasteiger partial charge in [-0.05, 0) is 36.6 Å². The predicted octanol–water partition coefficient (Wildman–Crippen LogP) is 3.92. The van der Waals surface area contributed by atoms with Crippen LogP contribution in [0.15, 0.2) is 48.1 Å². The van der Waals surface area contributed by atoms with Crippen LogP contribution >= 0.6 is 11.3 Å². The Kier molecular flexibility index (Phi) is 3.56. The summed E-state index contributed by atoms with van der Waals surface area (Å²) < 4.78 is 0.